The number of aromatic nitrogens is 3. The summed E-state index contributed by atoms with van der Waals surface area (Å²) in [5.41, 5.74) is 0. The van der Waals surface area contributed by atoms with Crippen molar-refractivity contribution in [3.63, 3.8) is 0 Å². The molecule has 1 saturated heterocycles. The minimum Gasteiger partial charge on any atom is -0.453 e. The minimum absolute atomic E-state index is 0.140. The Kier molecular flexibility index (Phi) is 4.44. The number of methoxy groups -OCH3 is 1. The molecule has 0 bridgehead atoms. The fourth-order valence-corrected chi connectivity index (χ4v) is 1.93. The van der Waals surface area contributed by atoms with Crippen LogP contribution in [-0.4, -0.2) is 66.3 Å². The SMILES string of the molecule is COC(=O)N1CC(Nc2nc(C(C)C)nc(N(C)C)n2)C1. The first kappa shape index (κ1) is 15.3. The molecule has 0 radical (unpaired) electrons. The van der Waals surface area contributed by atoms with Gasteiger partial charge in [0.1, 0.15) is 5.82 Å². The molecule has 116 valence electrons. The Labute approximate surface area is 124 Å². The van der Waals surface area contributed by atoms with Crippen molar-refractivity contribution >= 4 is 18.0 Å². The van der Waals surface area contributed by atoms with E-state index in [-0.39, 0.29) is 18.1 Å². The number of nitrogens with one attached hydrogen (secondary N) is 1. The summed E-state index contributed by atoms with van der Waals surface area (Å²) in [6.07, 6.45) is -0.305. The molecule has 1 aliphatic rings. The summed E-state index contributed by atoms with van der Waals surface area (Å²) in [6.45, 7) is 5.26. The van der Waals surface area contributed by atoms with Gasteiger partial charge in [-0.3, -0.25) is 0 Å². The second-order valence-corrected chi connectivity index (χ2v) is 5.58. The summed E-state index contributed by atoms with van der Waals surface area (Å²) < 4.78 is 4.67. The lowest BCUT2D eigenvalue weighted by Gasteiger charge is -2.38. The highest BCUT2D eigenvalue weighted by Gasteiger charge is 2.31. The maximum absolute atomic E-state index is 11.3. The molecular formula is C13H22N6O2. The minimum atomic E-state index is -0.305. The maximum Gasteiger partial charge on any atom is 0.409 e. The highest BCUT2D eigenvalue weighted by molar-refractivity contribution is 5.69. The van der Waals surface area contributed by atoms with Gasteiger partial charge < -0.3 is 19.9 Å². The van der Waals surface area contributed by atoms with Gasteiger partial charge in [-0.15, -0.1) is 0 Å². The summed E-state index contributed by atoms with van der Waals surface area (Å²) in [4.78, 5) is 28.0. The summed E-state index contributed by atoms with van der Waals surface area (Å²) in [6, 6.07) is 0.140. The average molecular weight is 294 g/mol. The van der Waals surface area contributed by atoms with Gasteiger partial charge in [0.2, 0.25) is 11.9 Å². The molecule has 2 heterocycles. The van der Waals surface area contributed by atoms with Crippen LogP contribution in [0.1, 0.15) is 25.6 Å². The van der Waals surface area contributed by atoms with Gasteiger partial charge in [-0.05, 0) is 0 Å². The van der Waals surface area contributed by atoms with Gasteiger partial charge in [0.15, 0.2) is 0 Å². The molecule has 2 rings (SSSR count). The Hall–Kier alpha value is -2.12. The van der Waals surface area contributed by atoms with Crippen LogP contribution >= 0.6 is 0 Å². The molecular weight excluding hydrogens is 272 g/mol. The molecule has 0 saturated carbocycles. The third kappa shape index (κ3) is 3.50. The van der Waals surface area contributed by atoms with E-state index in [4.69, 9.17) is 0 Å². The van der Waals surface area contributed by atoms with Crippen LogP contribution in [0, 0.1) is 0 Å². The van der Waals surface area contributed by atoms with Crippen molar-refractivity contribution in [3.05, 3.63) is 5.82 Å². The van der Waals surface area contributed by atoms with E-state index in [1.54, 1.807) is 4.90 Å². The number of hydrogen-bond donors (Lipinski definition) is 1. The van der Waals surface area contributed by atoms with Gasteiger partial charge in [0.05, 0.1) is 13.2 Å². The fraction of sp³-hybridized carbons (Fsp3) is 0.692. The molecule has 0 unspecified atom stereocenters. The lowest BCUT2D eigenvalue weighted by atomic mass is 10.1. The molecule has 21 heavy (non-hydrogen) atoms. The second kappa shape index (κ2) is 6.11. The monoisotopic (exact) mass is 294 g/mol. The van der Waals surface area contributed by atoms with E-state index in [9.17, 15) is 4.79 Å². The van der Waals surface area contributed by atoms with Crippen LogP contribution in [0.3, 0.4) is 0 Å². The lowest BCUT2D eigenvalue weighted by molar-refractivity contribution is 0.0928. The van der Waals surface area contributed by atoms with Crippen molar-refractivity contribution in [2.24, 2.45) is 0 Å². The Morgan fingerprint density at radius 2 is 2.00 bits per heavy atom. The Balaban J connectivity index is 2.05. The van der Waals surface area contributed by atoms with Crippen LogP contribution in [0.25, 0.3) is 0 Å². The lowest BCUT2D eigenvalue weighted by Crippen LogP contribution is -2.57. The number of carbonyl (C=O) groups excluding carboxylic acids is 1. The van der Waals surface area contributed by atoms with Crippen LogP contribution in [0.2, 0.25) is 0 Å². The van der Waals surface area contributed by atoms with Crippen molar-refractivity contribution in [3.8, 4) is 0 Å². The Morgan fingerprint density at radius 1 is 1.33 bits per heavy atom. The number of likely N-dealkylation sites (tertiary alicyclic amines) is 1. The Bertz CT molecular complexity index is 487. The first-order valence-electron chi connectivity index (χ1n) is 6.93. The van der Waals surface area contributed by atoms with Crippen LogP contribution in [0.4, 0.5) is 16.7 Å². The van der Waals surface area contributed by atoms with Gasteiger partial charge in [0.25, 0.3) is 0 Å². The van der Waals surface area contributed by atoms with Gasteiger partial charge in [-0.2, -0.15) is 15.0 Å². The maximum atomic E-state index is 11.3. The molecule has 1 amide bonds. The molecule has 0 aliphatic carbocycles. The smallest absolute Gasteiger partial charge is 0.409 e. The van der Waals surface area contributed by atoms with Gasteiger partial charge in [-0.25, -0.2) is 4.79 Å². The molecule has 8 nitrogen and oxygen atoms in total. The van der Waals surface area contributed by atoms with E-state index in [1.165, 1.54) is 7.11 Å². The highest BCUT2D eigenvalue weighted by atomic mass is 16.5. The predicted octanol–water partition coefficient (Wildman–Crippen LogP) is 0.923. The van der Waals surface area contributed by atoms with E-state index < -0.39 is 0 Å². The molecule has 1 N–H and O–H groups in total. The van der Waals surface area contributed by atoms with Gasteiger partial charge in [0, 0.05) is 33.1 Å². The topological polar surface area (TPSA) is 83.5 Å². The molecule has 8 heteroatoms. The summed E-state index contributed by atoms with van der Waals surface area (Å²) in [5, 5.41) is 3.24. The number of rotatable bonds is 4. The quantitative estimate of drug-likeness (QED) is 0.884. The van der Waals surface area contributed by atoms with E-state index in [1.807, 2.05) is 32.8 Å². The zero-order valence-electron chi connectivity index (χ0n) is 13.1. The van der Waals surface area contributed by atoms with E-state index in [2.05, 4.69) is 25.0 Å². The van der Waals surface area contributed by atoms with Crippen molar-refractivity contribution < 1.29 is 9.53 Å². The standard InChI is InChI=1S/C13H22N6O2/c1-8(2)10-15-11(17-12(16-10)18(3)4)14-9-6-19(7-9)13(20)21-5/h8-9H,6-7H2,1-5H3,(H,14,15,16,17). The molecule has 1 fully saturated rings. The van der Waals surface area contributed by atoms with Crippen molar-refractivity contribution in [1.82, 2.24) is 19.9 Å². The molecule has 1 aromatic rings. The van der Waals surface area contributed by atoms with Crippen LogP contribution in [0.15, 0.2) is 0 Å². The molecule has 1 aliphatic heterocycles. The summed E-state index contributed by atoms with van der Waals surface area (Å²) in [7, 11) is 5.17. The van der Waals surface area contributed by atoms with E-state index >= 15 is 0 Å². The predicted molar refractivity (Wildman–Crippen MR) is 79.6 cm³/mol. The van der Waals surface area contributed by atoms with E-state index in [0.29, 0.717) is 25.0 Å². The largest absolute Gasteiger partial charge is 0.453 e. The average Bonchev–Trinajstić information content (AvgIpc) is 2.41. The van der Waals surface area contributed by atoms with Crippen molar-refractivity contribution in [1.29, 1.82) is 0 Å². The Morgan fingerprint density at radius 3 is 2.52 bits per heavy atom. The molecule has 0 spiro atoms. The third-order valence-corrected chi connectivity index (χ3v) is 3.20. The first-order valence-corrected chi connectivity index (χ1v) is 6.93. The molecule has 0 atom stereocenters. The number of nitrogens with zero attached hydrogens (tertiary/aromatic N) is 5. The number of anilines is 2. The van der Waals surface area contributed by atoms with Gasteiger partial charge >= 0.3 is 6.09 Å². The third-order valence-electron chi connectivity index (χ3n) is 3.20. The number of ether oxygens (including phenoxy) is 1. The number of amides is 1. The zero-order chi connectivity index (χ0) is 15.6. The number of carbonyl (C=O) groups is 1. The van der Waals surface area contributed by atoms with Crippen molar-refractivity contribution in [2.75, 3.05) is 44.5 Å². The summed E-state index contributed by atoms with van der Waals surface area (Å²) >= 11 is 0. The van der Waals surface area contributed by atoms with Crippen molar-refractivity contribution in [2.45, 2.75) is 25.8 Å². The number of hydrogen-bond acceptors (Lipinski definition) is 7. The normalized spacial score (nSPS) is 14.9. The molecule has 0 aromatic carbocycles. The van der Waals surface area contributed by atoms with Crippen LogP contribution < -0.4 is 10.2 Å². The van der Waals surface area contributed by atoms with Crippen LogP contribution in [-0.2, 0) is 4.74 Å². The second-order valence-electron chi connectivity index (χ2n) is 5.58. The van der Waals surface area contributed by atoms with Gasteiger partial charge in [-0.1, -0.05) is 13.8 Å². The van der Waals surface area contributed by atoms with E-state index in [0.717, 1.165) is 5.82 Å². The molecule has 1 aromatic heterocycles. The van der Waals surface area contributed by atoms with Crippen LogP contribution in [0.5, 0.6) is 0 Å². The zero-order valence-corrected chi connectivity index (χ0v) is 13.1. The highest BCUT2D eigenvalue weighted by Crippen LogP contribution is 2.18. The first-order chi connectivity index (χ1) is 9.90. The summed E-state index contributed by atoms with van der Waals surface area (Å²) in [5.74, 6) is 2.15. The fourth-order valence-electron chi connectivity index (χ4n) is 1.93.